The predicted octanol–water partition coefficient (Wildman–Crippen LogP) is 1.17. The SMILES string of the molecule is NSC1=CC(S(N)(=O)=O)=C2C=CC3=C4C(=CC=C1C24)C(O)=CC3N. The monoisotopic (exact) mass is 361 g/mol. The Kier molecular flexibility index (Phi) is 3.32. The summed E-state index contributed by atoms with van der Waals surface area (Å²) in [6, 6.07) is -0.452. The average molecular weight is 361 g/mol. The van der Waals surface area contributed by atoms with Crippen molar-refractivity contribution in [1.82, 2.24) is 0 Å². The molecule has 124 valence electrons. The molecule has 0 heterocycles. The Morgan fingerprint density at radius 2 is 1.88 bits per heavy atom. The van der Waals surface area contributed by atoms with Gasteiger partial charge in [-0.25, -0.2) is 13.6 Å². The molecule has 24 heavy (non-hydrogen) atoms. The van der Waals surface area contributed by atoms with E-state index in [1.54, 1.807) is 18.2 Å². The van der Waals surface area contributed by atoms with Crippen molar-refractivity contribution < 1.29 is 13.5 Å². The largest absolute Gasteiger partial charge is 0.508 e. The van der Waals surface area contributed by atoms with Gasteiger partial charge in [0, 0.05) is 16.4 Å². The fraction of sp³-hybridized carbons (Fsp3) is 0.125. The summed E-state index contributed by atoms with van der Waals surface area (Å²) in [5, 5.41) is 21.4. The molecular weight excluding hydrogens is 346 g/mol. The van der Waals surface area contributed by atoms with Gasteiger partial charge >= 0.3 is 0 Å². The van der Waals surface area contributed by atoms with Gasteiger partial charge in [-0.2, -0.15) is 0 Å². The van der Waals surface area contributed by atoms with Crippen molar-refractivity contribution in [2.75, 3.05) is 0 Å². The molecule has 4 aliphatic carbocycles. The summed E-state index contributed by atoms with van der Waals surface area (Å²) in [6.07, 6.45) is 10.3. The molecule has 2 atom stereocenters. The van der Waals surface area contributed by atoms with Gasteiger partial charge in [-0.1, -0.05) is 24.3 Å². The van der Waals surface area contributed by atoms with Crippen LogP contribution in [0.5, 0.6) is 0 Å². The van der Waals surface area contributed by atoms with Crippen molar-refractivity contribution in [3.05, 3.63) is 79.9 Å². The summed E-state index contributed by atoms with van der Waals surface area (Å²) in [5.41, 5.74) is 9.91. The Morgan fingerprint density at radius 3 is 2.54 bits per heavy atom. The van der Waals surface area contributed by atoms with Crippen molar-refractivity contribution in [2.24, 2.45) is 21.9 Å². The molecule has 8 heteroatoms. The minimum atomic E-state index is -3.92. The van der Waals surface area contributed by atoms with E-state index in [4.69, 9.17) is 16.0 Å². The molecule has 6 nitrogen and oxygen atoms in total. The van der Waals surface area contributed by atoms with E-state index in [1.165, 1.54) is 6.08 Å². The molecule has 4 aliphatic rings. The quantitative estimate of drug-likeness (QED) is 0.546. The van der Waals surface area contributed by atoms with E-state index in [0.717, 1.165) is 28.7 Å². The van der Waals surface area contributed by atoms with Crippen molar-refractivity contribution >= 4 is 22.0 Å². The lowest BCUT2D eigenvalue weighted by molar-refractivity contribution is 0.416. The first kappa shape index (κ1) is 15.7. The second-order valence-electron chi connectivity index (χ2n) is 5.91. The van der Waals surface area contributed by atoms with E-state index in [9.17, 15) is 13.5 Å². The Balaban J connectivity index is 2.06. The molecule has 0 saturated heterocycles. The summed E-state index contributed by atoms with van der Waals surface area (Å²) in [6.45, 7) is 0. The highest BCUT2D eigenvalue weighted by Crippen LogP contribution is 2.52. The predicted molar refractivity (Wildman–Crippen MR) is 94.5 cm³/mol. The normalized spacial score (nSPS) is 28.1. The third-order valence-electron chi connectivity index (χ3n) is 4.62. The minimum absolute atomic E-state index is 0.0456. The number of nitrogens with two attached hydrogens (primary N) is 3. The lowest BCUT2D eigenvalue weighted by atomic mass is 9.68. The highest BCUT2D eigenvalue weighted by molar-refractivity contribution is 8.01. The van der Waals surface area contributed by atoms with Crippen molar-refractivity contribution in [3.63, 3.8) is 0 Å². The fourth-order valence-corrected chi connectivity index (χ4v) is 5.01. The molecule has 0 aromatic rings. The van der Waals surface area contributed by atoms with Gasteiger partial charge in [-0.05, 0) is 46.4 Å². The fourth-order valence-electron chi connectivity index (χ4n) is 3.63. The van der Waals surface area contributed by atoms with Gasteiger partial charge in [0.2, 0.25) is 10.0 Å². The van der Waals surface area contributed by atoms with E-state index in [2.05, 4.69) is 0 Å². The third-order valence-corrected chi connectivity index (χ3v) is 6.20. The van der Waals surface area contributed by atoms with Crippen LogP contribution in [0.1, 0.15) is 0 Å². The molecule has 0 aromatic heterocycles. The molecule has 0 amide bonds. The number of sulfonamides is 1. The van der Waals surface area contributed by atoms with Crippen LogP contribution in [0, 0.1) is 5.92 Å². The van der Waals surface area contributed by atoms with Gasteiger partial charge in [-0.15, -0.1) is 0 Å². The lowest BCUT2D eigenvalue weighted by Crippen LogP contribution is -2.33. The number of allylic oxidation sites excluding steroid dienone is 7. The number of primary sulfonamides is 1. The highest BCUT2D eigenvalue weighted by Gasteiger charge is 2.41. The smallest absolute Gasteiger partial charge is 0.238 e. The molecule has 2 unspecified atom stereocenters. The van der Waals surface area contributed by atoms with E-state index >= 15 is 0 Å². The van der Waals surface area contributed by atoms with Crippen LogP contribution < -0.4 is 16.0 Å². The van der Waals surface area contributed by atoms with E-state index in [-0.39, 0.29) is 16.6 Å². The summed E-state index contributed by atoms with van der Waals surface area (Å²) in [4.78, 5) is 0.678. The van der Waals surface area contributed by atoms with Gasteiger partial charge in [0.05, 0.1) is 10.9 Å². The van der Waals surface area contributed by atoms with E-state index < -0.39 is 16.1 Å². The van der Waals surface area contributed by atoms with Crippen molar-refractivity contribution in [1.29, 1.82) is 0 Å². The maximum atomic E-state index is 12.1. The van der Waals surface area contributed by atoms with Gasteiger partial charge < -0.3 is 10.8 Å². The first-order valence-electron chi connectivity index (χ1n) is 7.20. The van der Waals surface area contributed by atoms with Gasteiger partial charge in [0.1, 0.15) is 5.76 Å². The molecule has 0 bridgehead atoms. The summed E-state index contributed by atoms with van der Waals surface area (Å²) >= 11 is 0.974. The molecule has 0 aliphatic heterocycles. The maximum absolute atomic E-state index is 12.1. The molecule has 0 saturated carbocycles. The minimum Gasteiger partial charge on any atom is -0.508 e. The zero-order chi connectivity index (χ0) is 17.2. The van der Waals surface area contributed by atoms with Crippen LogP contribution in [-0.4, -0.2) is 19.6 Å². The first-order chi connectivity index (χ1) is 11.3. The van der Waals surface area contributed by atoms with E-state index in [1.807, 2.05) is 12.2 Å². The summed E-state index contributed by atoms with van der Waals surface area (Å²) in [5.74, 6) is -0.254. The molecule has 0 spiro atoms. The topological polar surface area (TPSA) is 132 Å². The van der Waals surface area contributed by atoms with E-state index in [0.29, 0.717) is 16.1 Å². The van der Waals surface area contributed by atoms with Gasteiger partial charge in [0.25, 0.3) is 0 Å². The maximum Gasteiger partial charge on any atom is 0.238 e. The Morgan fingerprint density at radius 1 is 1.17 bits per heavy atom. The average Bonchev–Trinajstić information content (AvgIpc) is 2.53. The lowest BCUT2D eigenvalue weighted by Gasteiger charge is -2.39. The van der Waals surface area contributed by atoms with Crippen LogP contribution in [0.25, 0.3) is 0 Å². The molecular formula is C16H15N3O3S2. The second kappa shape index (κ2) is 5.08. The van der Waals surface area contributed by atoms with Crippen LogP contribution in [0.4, 0.5) is 0 Å². The summed E-state index contributed by atoms with van der Waals surface area (Å²) < 4.78 is 24.1. The van der Waals surface area contributed by atoms with Gasteiger partial charge in [-0.3, -0.25) is 5.14 Å². The third kappa shape index (κ3) is 2.04. The second-order valence-corrected chi connectivity index (χ2v) is 8.11. The Hall–Kier alpha value is -1.84. The molecule has 4 rings (SSSR count). The molecule has 0 aromatic carbocycles. The van der Waals surface area contributed by atoms with Crippen molar-refractivity contribution in [2.45, 2.75) is 6.04 Å². The highest BCUT2D eigenvalue weighted by atomic mass is 32.2. The zero-order valence-electron chi connectivity index (χ0n) is 12.4. The molecule has 7 N–H and O–H groups in total. The number of hydrogen-bond donors (Lipinski definition) is 4. The van der Waals surface area contributed by atoms with Crippen LogP contribution in [0.15, 0.2) is 79.9 Å². The standard InChI is InChI=1S/C16H15N3O3S2/c17-11-5-12(20)8-2-3-9-13(23-18)6-14(24(19,21)22)10-4-1-7(11)15(8)16(9)10/h1-6,11,16,20H,17-18H2,(H2,19,21,22). The van der Waals surface area contributed by atoms with Crippen LogP contribution in [0.3, 0.4) is 0 Å². The number of hydrogen-bond acceptors (Lipinski definition) is 6. The zero-order valence-corrected chi connectivity index (χ0v) is 14.1. The van der Waals surface area contributed by atoms with Crippen LogP contribution >= 0.6 is 11.9 Å². The molecule has 0 radical (unpaired) electrons. The number of rotatable bonds is 2. The number of aliphatic hydroxyl groups excluding tert-OH is 1. The van der Waals surface area contributed by atoms with Crippen LogP contribution in [0.2, 0.25) is 0 Å². The van der Waals surface area contributed by atoms with Crippen molar-refractivity contribution in [3.8, 4) is 0 Å². The Bertz CT molecular complexity index is 992. The number of aliphatic hydroxyl groups is 1. The Labute approximate surface area is 143 Å². The van der Waals surface area contributed by atoms with Crippen LogP contribution in [-0.2, 0) is 10.0 Å². The molecule has 0 fully saturated rings. The van der Waals surface area contributed by atoms with Gasteiger partial charge in [0.15, 0.2) is 0 Å². The summed E-state index contributed by atoms with van der Waals surface area (Å²) in [7, 11) is -3.92. The first-order valence-corrected chi connectivity index (χ1v) is 9.62.